The summed E-state index contributed by atoms with van der Waals surface area (Å²) < 4.78 is 26.0. The maximum Gasteiger partial charge on any atom is 0.409 e. The van der Waals surface area contributed by atoms with Gasteiger partial charge < -0.3 is 34.0 Å². The van der Waals surface area contributed by atoms with Crippen molar-refractivity contribution in [2.45, 2.75) is 116 Å². The van der Waals surface area contributed by atoms with Crippen LogP contribution in [0.2, 0.25) is 0 Å². The van der Waals surface area contributed by atoms with Crippen molar-refractivity contribution in [2.24, 2.45) is 22.9 Å². The number of aryl methyl sites for hydroxylation is 1. The van der Waals surface area contributed by atoms with Gasteiger partial charge in [0, 0.05) is 43.4 Å². The fourth-order valence-electron chi connectivity index (χ4n) is 8.50. The molecule has 1 saturated carbocycles. The fourth-order valence-corrected chi connectivity index (χ4v) is 8.50. The number of pyridine rings is 1. The van der Waals surface area contributed by atoms with E-state index >= 15 is 0 Å². The molecule has 2 N–H and O–H groups in total. The number of aliphatic hydroxyl groups is 2. The standard InChI is InChI=1S/C43H61N3O8/c1-8-21-46(41(49)50-7)38-27-36(45-54-42(4,5)6)34-25-30(16-10-12-22-47)33(18-11-13-23-48)39-35-26-32(51-28-31-17-14-15-29(3)44-31)19-20-37(35)53-43(38,40(34)39)52-24-9-2/h9,14-15,17,19-20,25-26,30,33,38-40,47-48H,2,8,10-13,16,18,21-24,27-28H2,1,3-7H3. The van der Waals surface area contributed by atoms with Gasteiger partial charge in [0.05, 0.1) is 31.0 Å². The minimum atomic E-state index is -1.33. The Morgan fingerprint density at radius 1 is 1.13 bits per heavy atom. The third kappa shape index (κ3) is 9.29. The number of fused-ring (bicyclic) bond motifs is 2. The average Bonchev–Trinajstić information content (AvgIpc) is 3.15. The van der Waals surface area contributed by atoms with Gasteiger partial charge in [-0.15, -0.1) is 6.58 Å². The molecule has 1 amide bonds. The van der Waals surface area contributed by atoms with Gasteiger partial charge in [-0.3, -0.25) is 9.88 Å². The van der Waals surface area contributed by atoms with Gasteiger partial charge in [0.25, 0.3) is 0 Å². The van der Waals surface area contributed by atoms with Crippen molar-refractivity contribution in [3.8, 4) is 11.5 Å². The highest BCUT2D eigenvalue weighted by Crippen LogP contribution is 2.62. The molecule has 2 heterocycles. The minimum Gasteiger partial charge on any atom is -0.487 e. The van der Waals surface area contributed by atoms with E-state index in [0.29, 0.717) is 50.3 Å². The predicted molar refractivity (Wildman–Crippen MR) is 209 cm³/mol. The summed E-state index contributed by atoms with van der Waals surface area (Å²) in [6.07, 6.45) is 9.38. The van der Waals surface area contributed by atoms with Gasteiger partial charge in [-0.1, -0.05) is 43.1 Å². The first-order valence-electron chi connectivity index (χ1n) is 19.7. The highest BCUT2D eigenvalue weighted by molar-refractivity contribution is 6.03. The van der Waals surface area contributed by atoms with Crippen LogP contribution in [-0.4, -0.2) is 82.8 Å². The van der Waals surface area contributed by atoms with Gasteiger partial charge in [0.1, 0.15) is 29.7 Å². The van der Waals surface area contributed by atoms with Crippen LogP contribution in [0.4, 0.5) is 4.79 Å². The van der Waals surface area contributed by atoms with Gasteiger partial charge in [0.15, 0.2) is 0 Å². The Morgan fingerprint density at radius 2 is 1.89 bits per heavy atom. The summed E-state index contributed by atoms with van der Waals surface area (Å²) in [6, 6.07) is 11.2. The third-order valence-corrected chi connectivity index (χ3v) is 10.7. The summed E-state index contributed by atoms with van der Waals surface area (Å²) in [5.74, 6) is -0.297. The molecule has 0 spiro atoms. The first-order chi connectivity index (χ1) is 26.0. The first-order valence-corrected chi connectivity index (χ1v) is 19.7. The number of unbranched alkanes of at least 4 members (excludes halogenated alkanes) is 2. The largest absolute Gasteiger partial charge is 0.487 e. The van der Waals surface area contributed by atoms with Gasteiger partial charge in [-0.25, -0.2) is 4.79 Å². The van der Waals surface area contributed by atoms with Gasteiger partial charge in [0.2, 0.25) is 5.79 Å². The monoisotopic (exact) mass is 747 g/mol. The van der Waals surface area contributed by atoms with Crippen LogP contribution in [0.15, 0.2) is 65.9 Å². The summed E-state index contributed by atoms with van der Waals surface area (Å²) in [5.41, 5.74) is 3.93. The van der Waals surface area contributed by atoms with Crippen LogP contribution in [0.1, 0.15) is 102 Å². The molecular weight excluding hydrogens is 686 g/mol. The van der Waals surface area contributed by atoms with E-state index in [-0.39, 0.29) is 37.6 Å². The molecule has 2 aliphatic carbocycles. The number of benzene rings is 1. The first kappa shape index (κ1) is 41.2. The molecule has 5 rings (SSSR count). The van der Waals surface area contributed by atoms with Crippen molar-refractivity contribution >= 4 is 11.8 Å². The maximum atomic E-state index is 13.7. The molecule has 1 fully saturated rings. The van der Waals surface area contributed by atoms with E-state index in [1.54, 1.807) is 11.0 Å². The molecule has 2 aromatic rings. The second-order valence-electron chi connectivity index (χ2n) is 15.7. The molecule has 296 valence electrons. The van der Waals surface area contributed by atoms with E-state index in [0.717, 1.165) is 53.9 Å². The molecule has 3 aliphatic rings. The summed E-state index contributed by atoms with van der Waals surface area (Å²) in [6.45, 7) is 15.0. The fraction of sp³-hybridized carbons (Fsp3) is 0.605. The molecule has 6 unspecified atom stereocenters. The Bertz CT molecular complexity index is 1640. The number of hydrogen-bond acceptors (Lipinski definition) is 10. The number of oxime groups is 1. The normalized spacial score (nSPS) is 25.1. The smallest absolute Gasteiger partial charge is 0.409 e. The molecule has 1 aromatic carbocycles. The SMILES string of the molecule is C=CCOC12Oc3ccc(OCc4cccc(C)n4)cc3C3C(CCCCO)C(CCCCO)C=C(C(=NOC(C)(C)C)CC1N(CCC)C(=O)OC)C32. The van der Waals surface area contributed by atoms with Gasteiger partial charge in [-0.05, 0) is 108 Å². The molecule has 11 nitrogen and oxygen atoms in total. The molecule has 0 radical (unpaired) electrons. The van der Waals surface area contributed by atoms with Crippen LogP contribution in [-0.2, 0) is 20.9 Å². The van der Waals surface area contributed by atoms with E-state index in [9.17, 15) is 15.0 Å². The zero-order chi connectivity index (χ0) is 38.9. The Labute approximate surface area is 321 Å². The number of hydrogen-bond donors (Lipinski definition) is 2. The molecule has 6 atom stereocenters. The third-order valence-electron chi connectivity index (χ3n) is 10.7. The Balaban J connectivity index is 1.76. The molecule has 1 aromatic heterocycles. The topological polar surface area (TPSA) is 132 Å². The highest BCUT2D eigenvalue weighted by Gasteiger charge is 2.65. The van der Waals surface area contributed by atoms with E-state index in [2.05, 4.69) is 23.7 Å². The number of allylic oxidation sites excluding steroid dienone is 1. The lowest BCUT2D eigenvalue weighted by atomic mass is 9.55. The van der Waals surface area contributed by atoms with Crippen molar-refractivity contribution < 1.29 is 38.8 Å². The summed E-state index contributed by atoms with van der Waals surface area (Å²) in [4.78, 5) is 26.3. The summed E-state index contributed by atoms with van der Waals surface area (Å²) >= 11 is 0. The Kier molecular flexibility index (Phi) is 14.2. The Hall–Kier alpha value is -3.93. The highest BCUT2D eigenvalue weighted by atomic mass is 16.7. The van der Waals surface area contributed by atoms with Crippen molar-refractivity contribution in [3.05, 3.63) is 77.7 Å². The number of methoxy groups -OCH3 is 1. The van der Waals surface area contributed by atoms with Crippen molar-refractivity contribution in [3.63, 3.8) is 0 Å². The van der Waals surface area contributed by atoms with Crippen LogP contribution in [0, 0.1) is 24.7 Å². The van der Waals surface area contributed by atoms with Crippen LogP contribution >= 0.6 is 0 Å². The quantitative estimate of drug-likeness (QED) is 0.0888. The summed E-state index contributed by atoms with van der Waals surface area (Å²) in [7, 11) is 1.40. The zero-order valence-electron chi connectivity index (χ0n) is 33.1. The number of amides is 1. The lowest BCUT2D eigenvalue weighted by molar-refractivity contribution is -0.255. The molecular formula is C43H61N3O8. The molecule has 0 saturated heterocycles. The summed E-state index contributed by atoms with van der Waals surface area (Å²) in [5, 5.41) is 24.5. The van der Waals surface area contributed by atoms with Crippen molar-refractivity contribution in [1.82, 2.24) is 9.88 Å². The minimum absolute atomic E-state index is 0.105. The number of carbonyl (C=O) groups is 1. The van der Waals surface area contributed by atoms with E-state index in [4.69, 9.17) is 28.9 Å². The predicted octanol–water partition coefficient (Wildman–Crippen LogP) is 7.88. The van der Waals surface area contributed by atoms with Crippen LogP contribution in [0.5, 0.6) is 11.5 Å². The second-order valence-corrected chi connectivity index (χ2v) is 15.7. The maximum absolute atomic E-state index is 13.7. The number of nitrogens with zero attached hydrogens (tertiary/aromatic N) is 3. The van der Waals surface area contributed by atoms with Crippen LogP contribution < -0.4 is 9.47 Å². The lowest BCUT2D eigenvalue weighted by Gasteiger charge is -2.60. The zero-order valence-corrected chi connectivity index (χ0v) is 33.1. The van der Waals surface area contributed by atoms with Crippen LogP contribution in [0.25, 0.3) is 0 Å². The number of aromatic nitrogens is 1. The van der Waals surface area contributed by atoms with Crippen molar-refractivity contribution in [2.75, 3.05) is 33.5 Å². The second kappa shape index (κ2) is 18.6. The van der Waals surface area contributed by atoms with Crippen molar-refractivity contribution in [1.29, 1.82) is 0 Å². The van der Waals surface area contributed by atoms with E-state index in [1.807, 2.05) is 65.0 Å². The number of carbonyl (C=O) groups excluding carboxylic acids is 1. The van der Waals surface area contributed by atoms with Gasteiger partial charge >= 0.3 is 6.09 Å². The number of aliphatic hydroxyl groups excluding tert-OH is 2. The number of rotatable bonds is 18. The molecule has 0 bridgehead atoms. The molecule has 54 heavy (non-hydrogen) atoms. The average molecular weight is 748 g/mol. The lowest BCUT2D eigenvalue weighted by Crippen LogP contribution is -2.70. The van der Waals surface area contributed by atoms with E-state index < -0.39 is 29.4 Å². The van der Waals surface area contributed by atoms with E-state index in [1.165, 1.54) is 7.11 Å². The van der Waals surface area contributed by atoms with Gasteiger partial charge in [-0.2, -0.15) is 0 Å². The molecule has 11 heteroatoms. The van der Waals surface area contributed by atoms with Crippen LogP contribution in [0.3, 0.4) is 0 Å². The molecule has 1 aliphatic heterocycles. The number of ether oxygens (including phenoxy) is 4. The Morgan fingerprint density at radius 3 is 2.56 bits per heavy atom.